The van der Waals surface area contributed by atoms with Crippen LogP contribution in [0, 0.1) is 17.2 Å². The molecule has 7 nitrogen and oxygen atoms in total. The third-order valence-electron chi connectivity index (χ3n) is 4.13. The molecule has 0 aromatic carbocycles. The molecule has 0 saturated heterocycles. The number of nitriles is 1. The predicted molar refractivity (Wildman–Crippen MR) is 89.8 cm³/mol. The Morgan fingerprint density at radius 1 is 1.46 bits per heavy atom. The van der Waals surface area contributed by atoms with Gasteiger partial charge in [-0.25, -0.2) is 0 Å². The van der Waals surface area contributed by atoms with Gasteiger partial charge in [0.25, 0.3) is 0 Å². The zero-order valence-corrected chi connectivity index (χ0v) is 14.4. The minimum atomic E-state index is -0.764. The van der Waals surface area contributed by atoms with Crippen LogP contribution < -0.4 is 5.32 Å². The second-order valence-electron chi connectivity index (χ2n) is 6.03. The minimum Gasteiger partial charge on any atom is -0.337 e. The molecule has 3 rings (SSSR count). The molecule has 1 aliphatic rings. The lowest BCUT2D eigenvalue weighted by Gasteiger charge is -2.22. The van der Waals surface area contributed by atoms with Crippen molar-refractivity contribution in [2.24, 2.45) is 13.0 Å². The van der Waals surface area contributed by atoms with Gasteiger partial charge in [0.2, 0.25) is 5.91 Å². The summed E-state index contributed by atoms with van der Waals surface area (Å²) in [5, 5.41) is 21.1. The molecule has 2 aromatic rings. The molecule has 2 aromatic heterocycles. The molecular formula is C16H18N6OS. The van der Waals surface area contributed by atoms with Gasteiger partial charge in [0, 0.05) is 25.0 Å². The van der Waals surface area contributed by atoms with Gasteiger partial charge < -0.3 is 9.88 Å². The van der Waals surface area contributed by atoms with E-state index < -0.39 is 5.54 Å². The fourth-order valence-corrected chi connectivity index (χ4v) is 3.24. The zero-order valence-electron chi connectivity index (χ0n) is 13.6. The van der Waals surface area contributed by atoms with E-state index in [1.165, 1.54) is 11.8 Å². The third-order valence-corrected chi connectivity index (χ3v) is 5.15. The molecule has 0 aliphatic heterocycles. The number of hydrogen-bond donors (Lipinski definition) is 1. The molecule has 1 aliphatic carbocycles. The van der Waals surface area contributed by atoms with Gasteiger partial charge in [0.05, 0.1) is 11.8 Å². The summed E-state index contributed by atoms with van der Waals surface area (Å²) in [4.78, 5) is 16.1. The lowest BCUT2D eigenvalue weighted by molar-refractivity contribution is -0.119. The SMILES string of the molecule is Cn1c(SCC(=O)N[C@@](C)(C#N)C2CC2)nnc1-c1ccncc1. The van der Waals surface area contributed by atoms with Crippen LogP contribution >= 0.6 is 11.8 Å². The van der Waals surface area contributed by atoms with Crippen LogP contribution in [0.3, 0.4) is 0 Å². The Hall–Kier alpha value is -2.40. The van der Waals surface area contributed by atoms with Crippen molar-refractivity contribution in [1.82, 2.24) is 25.1 Å². The summed E-state index contributed by atoms with van der Waals surface area (Å²) in [5.74, 6) is 1.03. The number of amides is 1. The number of thioether (sulfide) groups is 1. The summed E-state index contributed by atoms with van der Waals surface area (Å²) in [6.45, 7) is 1.79. The van der Waals surface area contributed by atoms with Crippen molar-refractivity contribution in [3.8, 4) is 17.5 Å². The Kier molecular flexibility index (Phi) is 4.53. The number of nitrogens with one attached hydrogen (secondary N) is 1. The first kappa shape index (κ1) is 16.5. The highest BCUT2D eigenvalue weighted by Gasteiger charge is 2.42. The third kappa shape index (κ3) is 3.41. The molecule has 1 amide bonds. The summed E-state index contributed by atoms with van der Waals surface area (Å²) in [7, 11) is 1.86. The van der Waals surface area contributed by atoms with Crippen LogP contribution in [-0.2, 0) is 11.8 Å². The Labute approximate surface area is 144 Å². The predicted octanol–water partition coefficient (Wildman–Crippen LogP) is 1.78. The number of hydrogen-bond acceptors (Lipinski definition) is 6. The first-order valence-corrected chi connectivity index (χ1v) is 8.67. The number of nitrogens with zero attached hydrogens (tertiary/aromatic N) is 5. The van der Waals surface area contributed by atoms with Crippen LogP contribution in [0.15, 0.2) is 29.7 Å². The van der Waals surface area contributed by atoms with Crippen molar-refractivity contribution in [3.63, 3.8) is 0 Å². The van der Waals surface area contributed by atoms with E-state index in [-0.39, 0.29) is 17.6 Å². The van der Waals surface area contributed by atoms with Crippen LogP contribution in [0.4, 0.5) is 0 Å². The van der Waals surface area contributed by atoms with Gasteiger partial charge in [-0.1, -0.05) is 11.8 Å². The summed E-state index contributed by atoms with van der Waals surface area (Å²) >= 11 is 1.31. The van der Waals surface area contributed by atoms with E-state index >= 15 is 0 Å². The maximum Gasteiger partial charge on any atom is 0.231 e. The molecule has 0 bridgehead atoms. The van der Waals surface area contributed by atoms with E-state index in [1.807, 2.05) is 23.7 Å². The number of carbonyl (C=O) groups excluding carboxylic acids is 1. The zero-order chi connectivity index (χ0) is 17.2. The van der Waals surface area contributed by atoms with E-state index in [9.17, 15) is 10.1 Å². The molecular weight excluding hydrogens is 324 g/mol. The lowest BCUT2D eigenvalue weighted by Crippen LogP contribution is -2.47. The fourth-order valence-electron chi connectivity index (χ4n) is 2.53. The van der Waals surface area contributed by atoms with Crippen molar-refractivity contribution in [2.75, 3.05) is 5.75 Å². The van der Waals surface area contributed by atoms with E-state index in [0.29, 0.717) is 5.16 Å². The minimum absolute atomic E-state index is 0.163. The maximum absolute atomic E-state index is 12.2. The van der Waals surface area contributed by atoms with Crippen LogP contribution in [0.1, 0.15) is 19.8 Å². The summed E-state index contributed by atoms with van der Waals surface area (Å²) in [6.07, 6.45) is 5.39. The molecule has 0 unspecified atom stereocenters. The molecule has 1 fully saturated rings. The summed E-state index contributed by atoms with van der Waals surface area (Å²) < 4.78 is 1.84. The van der Waals surface area contributed by atoms with Crippen LogP contribution in [0.2, 0.25) is 0 Å². The molecule has 0 radical (unpaired) electrons. The standard InChI is InChI=1S/C16H18N6OS/c1-16(10-17,12-3-4-12)19-13(23)9-24-15-21-20-14(22(15)2)11-5-7-18-8-6-11/h5-8,12H,3-4,9H2,1-2H3,(H,19,23)/t16-/m0/s1. The lowest BCUT2D eigenvalue weighted by atomic mass is 9.98. The summed E-state index contributed by atoms with van der Waals surface area (Å²) in [6, 6.07) is 5.95. The molecule has 8 heteroatoms. The first-order valence-electron chi connectivity index (χ1n) is 7.68. The van der Waals surface area contributed by atoms with Crippen LogP contribution in [0.5, 0.6) is 0 Å². The van der Waals surface area contributed by atoms with Crippen molar-refractivity contribution < 1.29 is 4.79 Å². The average molecular weight is 342 g/mol. The highest BCUT2D eigenvalue weighted by molar-refractivity contribution is 7.99. The van der Waals surface area contributed by atoms with Gasteiger partial charge >= 0.3 is 0 Å². The van der Waals surface area contributed by atoms with Crippen LogP contribution in [0.25, 0.3) is 11.4 Å². The van der Waals surface area contributed by atoms with Gasteiger partial charge in [0.15, 0.2) is 11.0 Å². The smallest absolute Gasteiger partial charge is 0.231 e. The maximum atomic E-state index is 12.2. The van der Waals surface area contributed by atoms with Gasteiger partial charge in [0.1, 0.15) is 5.54 Å². The van der Waals surface area contributed by atoms with Crippen molar-refractivity contribution >= 4 is 17.7 Å². The Balaban J connectivity index is 1.62. The van der Waals surface area contributed by atoms with Gasteiger partial charge in [-0.15, -0.1) is 10.2 Å². The molecule has 1 saturated carbocycles. The molecule has 124 valence electrons. The largest absolute Gasteiger partial charge is 0.337 e. The highest BCUT2D eigenvalue weighted by atomic mass is 32.2. The van der Waals surface area contributed by atoms with Crippen molar-refractivity contribution in [3.05, 3.63) is 24.5 Å². The fraction of sp³-hybridized carbons (Fsp3) is 0.438. The van der Waals surface area contributed by atoms with E-state index in [2.05, 4.69) is 26.6 Å². The molecule has 2 heterocycles. The molecule has 1 N–H and O–H groups in total. The average Bonchev–Trinajstić information content (AvgIpc) is 3.38. The number of carbonyl (C=O) groups is 1. The number of aromatic nitrogens is 4. The van der Waals surface area contributed by atoms with Gasteiger partial charge in [-0.2, -0.15) is 5.26 Å². The topological polar surface area (TPSA) is 96.5 Å². The van der Waals surface area contributed by atoms with E-state index in [0.717, 1.165) is 24.2 Å². The number of rotatable bonds is 6. The molecule has 24 heavy (non-hydrogen) atoms. The van der Waals surface area contributed by atoms with Crippen LogP contribution in [-0.4, -0.2) is 36.9 Å². The highest BCUT2D eigenvalue weighted by Crippen LogP contribution is 2.39. The molecule has 1 atom stereocenters. The monoisotopic (exact) mass is 342 g/mol. The quantitative estimate of drug-likeness (QED) is 0.804. The Morgan fingerprint density at radius 2 is 2.17 bits per heavy atom. The second-order valence-corrected chi connectivity index (χ2v) is 6.97. The normalized spacial score (nSPS) is 16.2. The second kappa shape index (κ2) is 6.61. The number of pyridine rings is 1. The van der Waals surface area contributed by atoms with E-state index in [4.69, 9.17) is 0 Å². The van der Waals surface area contributed by atoms with E-state index in [1.54, 1.807) is 19.3 Å². The summed E-state index contributed by atoms with van der Waals surface area (Å²) in [5.41, 5.74) is 0.154. The molecule has 0 spiro atoms. The van der Waals surface area contributed by atoms with Crippen molar-refractivity contribution in [2.45, 2.75) is 30.5 Å². The Bertz CT molecular complexity index is 780. The Morgan fingerprint density at radius 3 is 2.79 bits per heavy atom. The van der Waals surface area contributed by atoms with Crippen molar-refractivity contribution in [1.29, 1.82) is 5.26 Å². The van der Waals surface area contributed by atoms with Gasteiger partial charge in [-0.05, 0) is 37.8 Å². The first-order chi connectivity index (χ1) is 11.5. The van der Waals surface area contributed by atoms with Gasteiger partial charge in [-0.3, -0.25) is 9.78 Å².